The van der Waals surface area contributed by atoms with Gasteiger partial charge in [0.1, 0.15) is 6.04 Å². The Morgan fingerprint density at radius 2 is 1.74 bits per heavy atom. The Morgan fingerprint density at radius 1 is 1.05 bits per heavy atom. The fourth-order valence-electron chi connectivity index (χ4n) is 5.53. The molecule has 2 aliphatic rings. The highest BCUT2D eigenvalue weighted by molar-refractivity contribution is 5.97. The van der Waals surface area contributed by atoms with Crippen molar-refractivity contribution in [3.8, 4) is 11.1 Å². The van der Waals surface area contributed by atoms with E-state index in [0.717, 1.165) is 18.6 Å². The summed E-state index contributed by atoms with van der Waals surface area (Å²) in [6, 6.07) is 4.97. The maximum absolute atomic E-state index is 13.3. The normalized spacial score (nSPS) is 24.1. The van der Waals surface area contributed by atoms with Crippen LogP contribution in [0.25, 0.3) is 11.1 Å². The minimum atomic E-state index is -4.44. The number of carbonyl (C=O) groups excluding carboxylic acids is 3. The number of esters is 1. The highest BCUT2D eigenvalue weighted by Gasteiger charge is 2.45. The quantitative estimate of drug-likeness (QED) is 0.519. The molecule has 1 saturated carbocycles. The highest BCUT2D eigenvalue weighted by Crippen LogP contribution is 2.34. The summed E-state index contributed by atoms with van der Waals surface area (Å²) in [5.74, 6) is -1.75. The van der Waals surface area contributed by atoms with E-state index in [1.807, 2.05) is 0 Å². The first-order chi connectivity index (χ1) is 18.3. The van der Waals surface area contributed by atoms with Crippen molar-refractivity contribution in [2.45, 2.75) is 76.3 Å². The van der Waals surface area contributed by atoms with E-state index in [0.29, 0.717) is 36.9 Å². The Kier molecular flexibility index (Phi) is 8.11. The number of furan rings is 1. The van der Waals surface area contributed by atoms with Crippen LogP contribution in [-0.2, 0) is 20.5 Å². The van der Waals surface area contributed by atoms with E-state index >= 15 is 0 Å². The SMILES string of the molecule is COC(=O)[C@@H]1C[C@H](NC(C)(C)C)CC[C@@H]1N1CC[C@H](NC(=O)c2cc(-c3ccc(C(F)(F)F)cc3)co2)C1=O. The van der Waals surface area contributed by atoms with Crippen molar-refractivity contribution >= 4 is 17.8 Å². The first-order valence-corrected chi connectivity index (χ1v) is 13.0. The monoisotopic (exact) mass is 549 g/mol. The standard InChI is InChI=1S/C28H34F3N3O5/c1-27(2,3)33-19-9-10-22(20(14-19)26(37)38-4)34-12-11-21(25(34)36)32-24(35)23-13-17(15-39-23)16-5-7-18(8-6-16)28(29,30)31/h5-8,13,15,19-22,33H,9-12,14H2,1-4H3,(H,32,35)/t19-,20-,21+,22+/m1/s1. The van der Waals surface area contributed by atoms with E-state index in [1.165, 1.54) is 31.6 Å². The molecular weight excluding hydrogens is 515 g/mol. The topological polar surface area (TPSA) is 101 Å². The molecule has 2 heterocycles. The van der Waals surface area contributed by atoms with E-state index in [2.05, 4.69) is 31.4 Å². The zero-order chi connectivity index (χ0) is 28.5. The van der Waals surface area contributed by atoms with E-state index in [1.54, 1.807) is 4.90 Å². The van der Waals surface area contributed by atoms with E-state index < -0.39 is 29.6 Å². The number of amides is 2. The van der Waals surface area contributed by atoms with E-state index in [4.69, 9.17) is 9.15 Å². The van der Waals surface area contributed by atoms with Crippen molar-refractivity contribution in [3.63, 3.8) is 0 Å². The number of hydrogen-bond acceptors (Lipinski definition) is 6. The molecule has 0 radical (unpaired) electrons. The molecule has 1 saturated heterocycles. The summed E-state index contributed by atoms with van der Waals surface area (Å²) >= 11 is 0. The molecule has 11 heteroatoms. The number of methoxy groups -OCH3 is 1. The second-order valence-corrected chi connectivity index (χ2v) is 11.2. The molecule has 1 aliphatic heterocycles. The van der Waals surface area contributed by atoms with Gasteiger partial charge in [-0.05, 0) is 70.2 Å². The molecule has 1 aromatic heterocycles. The lowest BCUT2D eigenvalue weighted by molar-refractivity contribution is -0.151. The van der Waals surface area contributed by atoms with Crippen LogP contribution in [0.4, 0.5) is 13.2 Å². The summed E-state index contributed by atoms with van der Waals surface area (Å²) in [7, 11) is 1.34. The molecule has 1 aromatic carbocycles. The molecule has 4 rings (SSSR count). The number of benzene rings is 1. The van der Waals surface area contributed by atoms with Crippen LogP contribution in [-0.4, -0.2) is 60.0 Å². The zero-order valence-corrected chi connectivity index (χ0v) is 22.4. The molecule has 0 unspecified atom stereocenters. The van der Waals surface area contributed by atoms with Crippen LogP contribution in [0.2, 0.25) is 0 Å². The van der Waals surface area contributed by atoms with Crippen LogP contribution in [0.5, 0.6) is 0 Å². The molecule has 2 amide bonds. The number of ether oxygens (including phenoxy) is 1. The number of halogens is 3. The summed E-state index contributed by atoms with van der Waals surface area (Å²) in [6.07, 6.45) is -0.796. The number of carbonyl (C=O) groups is 3. The molecule has 1 aliphatic carbocycles. The summed E-state index contributed by atoms with van der Waals surface area (Å²) in [6.45, 7) is 6.59. The maximum atomic E-state index is 13.3. The van der Waals surface area contributed by atoms with Gasteiger partial charge in [-0.2, -0.15) is 13.2 Å². The van der Waals surface area contributed by atoms with Gasteiger partial charge in [0.25, 0.3) is 5.91 Å². The van der Waals surface area contributed by atoms with Crippen LogP contribution in [0.15, 0.2) is 41.0 Å². The predicted octanol–water partition coefficient (Wildman–Crippen LogP) is 4.39. The fourth-order valence-corrected chi connectivity index (χ4v) is 5.53. The molecule has 8 nitrogen and oxygen atoms in total. The first-order valence-electron chi connectivity index (χ1n) is 13.0. The van der Waals surface area contributed by atoms with Crippen LogP contribution >= 0.6 is 0 Å². The third-order valence-corrected chi connectivity index (χ3v) is 7.27. The molecular formula is C28H34F3N3O5. The van der Waals surface area contributed by atoms with Gasteiger partial charge < -0.3 is 24.7 Å². The van der Waals surface area contributed by atoms with Crippen molar-refractivity contribution in [1.29, 1.82) is 0 Å². The number of likely N-dealkylation sites (tertiary alicyclic amines) is 1. The second-order valence-electron chi connectivity index (χ2n) is 11.2. The number of hydrogen-bond donors (Lipinski definition) is 2. The van der Waals surface area contributed by atoms with E-state index in [9.17, 15) is 27.6 Å². The molecule has 39 heavy (non-hydrogen) atoms. The lowest BCUT2D eigenvalue weighted by Crippen LogP contribution is -2.55. The van der Waals surface area contributed by atoms with Crippen LogP contribution in [0.3, 0.4) is 0 Å². The smallest absolute Gasteiger partial charge is 0.416 e. The van der Waals surface area contributed by atoms with Gasteiger partial charge in [0, 0.05) is 29.7 Å². The Labute approximate surface area is 225 Å². The molecule has 2 N–H and O–H groups in total. The first kappa shape index (κ1) is 28.7. The van der Waals surface area contributed by atoms with Crippen molar-refractivity contribution in [3.05, 3.63) is 47.9 Å². The van der Waals surface area contributed by atoms with Crippen molar-refractivity contribution in [2.75, 3.05) is 13.7 Å². The lowest BCUT2D eigenvalue weighted by Gasteiger charge is -2.41. The Bertz CT molecular complexity index is 1200. The molecule has 4 atom stereocenters. The van der Waals surface area contributed by atoms with Crippen molar-refractivity contribution in [1.82, 2.24) is 15.5 Å². The Balaban J connectivity index is 1.40. The molecule has 212 valence electrons. The van der Waals surface area contributed by atoms with Gasteiger partial charge in [-0.3, -0.25) is 14.4 Å². The largest absolute Gasteiger partial charge is 0.469 e. The van der Waals surface area contributed by atoms with Crippen LogP contribution in [0, 0.1) is 5.92 Å². The van der Waals surface area contributed by atoms with Gasteiger partial charge >= 0.3 is 12.1 Å². The maximum Gasteiger partial charge on any atom is 0.416 e. The average molecular weight is 550 g/mol. The molecule has 2 aromatic rings. The average Bonchev–Trinajstić information content (AvgIpc) is 3.50. The van der Waals surface area contributed by atoms with Crippen molar-refractivity contribution < 1.29 is 36.7 Å². The zero-order valence-electron chi connectivity index (χ0n) is 22.4. The third-order valence-electron chi connectivity index (χ3n) is 7.27. The molecule has 2 fully saturated rings. The molecule has 0 bridgehead atoms. The Morgan fingerprint density at radius 3 is 2.36 bits per heavy atom. The second kappa shape index (κ2) is 11.0. The number of nitrogens with zero attached hydrogens (tertiary/aromatic N) is 1. The van der Waals surface area contributed by atoms with Gasteiger partial charge in [0.05, 0.1) is 24.9 Å². The molecule has 0 spiro atoms. The van der Waals surface area contributed by atoms with E-state index in [-0.39, 0.29) is 35.3 Å². The lowest BCUT2D eigenvalue weighted by atomic mass is 9.80. The van der Waals surface area contributed by atoms with Crippen LogP contribution in [0.1, 0.15) is 62.6 Å². The van der Waals surface area contributed by atoms with Gasteiger partial charge in [-0.15, -0.1) is 0 Å². The highest BCUT2D eigenvalue weighted by atomic mass is 19.4. The number of nitrogens with one attached hydrogen (secondary N) is 2. The Hall–Kier alpha value is -3.34. The summed E-state index contributed by atoms with van der Waals surface area (Å²) in [4.78, 5) is 40.5. The predicted molar refractivity (Wildman–Crippen MR) is 137 cm³/mol. The fraction of sp³-hybridized carbons (Fsp3) is 0.536. The summed E-state index contributed by atoms with van der Waals surface area (Å²) < 4.78 is 48.9. The van der Waals surface area contributed by atoms with Crippen molar-refractivity contribution in [2.24, 2.45) is 5.92 Å². The number of alkyl halides is 3. The van der Waals surface area contributed by atoms with Crippen LogP contribution < -0.4 is 10.6 Å². The van der Waals surface area contributed by atoms with Gasteiger partial charge in [-0.25, -0.2) is 0 Å². The van der Waals surface area contributed by atoms with Gasteiger partial charge in [0.15, 0.2) is 5.76 Å². The number of rotatable bonds is 6. The third kappa shape index (κ3) is 6.63. The summed E-state index contributed by atoms with van der Waals surface area (Å²) in [5.41, 5.74) is 0.00873. The minimum Gasteiger partial charge on any atom is -0.469 e. The van der Waals surface area contributed by atoms with Gasteiger partial charge in [-0.1, -0.05) is 12.1 Å². The minimum absolute atomic E-state index is 0.0580. The summed E-state index contributed by atoms with van der Waals surface area (Å²) in [5, 5.41) is 6.24. The van der Waals surface area contributed by atoms with Gasteiger partial charge in [0.2, 0.25) is 5.91 Å².